The molecule has 2 aromatic heterocycles. The van der Waals surface area contributed by atoms with Crippen LogP contribution < -0.4 is 10.9 Å². The van der Waals surface area contributed by atoms with Gasteiger partial charge in [-0.25, -0.2) is 17.8 Å². The number of nitrogens with one attached hydrogen (secondary N) is 2. The highest BCUT2D eigenvalue weighted by molar-refractivity contribution is 7.89. The molecular formula is C21H22FN5O4S. The quantitative estimate of drug-likeness (QED) is 0.576. The summed E-state index contributed by atoms with van der Waals surface area (Å²) in [4.78, 5) is 29.6. The van der Waals surface area contributed by atoms with Crippen molar-refractivity contribution in [3.05, 3.63) is 65.9 Å². The Hall–Kier alpha value is -3.31. The van der Waals surface area contributed by atoms with Crippen LogP contribution in [0.4, 0.5) is 4.39 Å². The highest BCUT2D eigenvalue weighted by atomic mass is 32.2. The number of pyridine rings is 1. The molecule has 11 heteroatoms. The summed E-state index contributed by atoms with van der Waals surface area (Å²) in [5.74, 6) is -2.18. The molecule has 1 atom stereocenters. The Balaban J connectivity index is 1.42. The van der Waals surface area contributed by atoms with E-state index in [1.165, 1.54) is 16.4 Å². The van der Waals surface area contributed by atoms with Gasteiger partial charge in [0.25, 0.3) is 5.91 Å². The van der Waals surface area contributed by atoms with Gasteiger partial charge < -0.3 is 0 Å². The van der Waals surface area contributed by atoms with Gasteiger partial charge in [-0.2, -0.15) is 4.31 Å². The van der Waals surface area contributed by atoms with E-state index < -0.39 is 33.6 Å². The number of piperidine rings is 1. The van der Waals surface area contributed by atoms with Crippen LogP contribution in [0.3, 0.4) is 0 Å². The van der Waals surface area contributed by atoms with Gasteiger partial charge in [-0.1, -0.05) is 6.07 Å². The summed E-state index contributed by atoms with van der Waals surface area (Å²) < 4.78 is 41.7. The molecular weight excluding hydrogens is 437 g/mol. The average molecular weight is 460 g/mol. The SMILES string of the molecule is Cc1nc2ccccn2c1C(=O)NNC(=O)C1CCCN(S(=O)(=O)c2ccc(F)cc2)C1. The molecule has 3 heterocycles. The van der Waals surface area contributed by atoms with Crippen molar-refractivity contribution in [2.75, 3.05) is 13.1 Å². The van der Waals surface area contributed by atoms with Gasteiger partial charge in [0.15, 0.2) is 0 Å². The second kappa shape index (κ2) is 8.67. The maximum Gasteiger partial charge on any atom is 0.288 e. The van der Waals surface area contributed by atoms with E-state index in [0.29, 0.717) is 29.9 Å². The van der Waals surface area contributed by atoms with E-state index in [-0.39, 0.29) is 18.0 Å². The number of carbonyl (C=O) groups excluding carboxylic acids is 2. The third-order valence-electron chi connectivity index (χ3n) is 5.42. The fraction of sp³-hybridized carbons (Fsp3) is 0.286. The number of benzene rings is 1. The molecule has 2 N–H and O–H groups in total. The summed E-state index contributed by atoms with van der Waals surface area (Å²) >= 11 is 0. The first-order valence-corrected chi connectivity index (χ1v) is 11.5. The lowest BCUT2D eigenvalue weighted by Gasteiger charge is -2.31. The lowest BCUT2D eigenvalue weighted by atomic mass is 9.99. The molecule has 1 unspecified atom stereocenters. The number of aryl methyl sites for hydroxylation is 1. The minimum absolute atomic E-state index is 0.0312. The number of halogens is 1. The van der Waals surface area contributed by atoms with Gasteiger partial charge in [0.2, 0.25) is 15.9 Å². The van der Waals surface area contributed by atoms with E-state index in [9.17, 15) is 22.4 Å². The molecule has 0 radical (unpaired) electrons. The molecule has 0 saturated carbocycles. The van der Waals surface area contributed by atoms with Gasteiger partial charge in [0.1, 0.15) is 17.2 Å². The molecule has 1 aliphatic heterocycles. The zero-order valence-electron chi connectivity index (χ0n) is 17.3. The van der Waals surface area contributed by atoms with Crippen LogP contribution in [0.15, 0.2) is 53.6 Å². The van der Waals surface area contributed by atoms with Crippen LogP contribution in [0.1, 0.15) is 29.0 Å². The van der Waals surface area contributed by atoms with Crippen molar-refractivity contribution in [2.24, 2.45) is 5.92 Å². The summed E-state index contributed by atoms with van der Waals surface area (Å²) in [6.45, 7) is 1.93. The number of hydrogen-bond donors (Lipinski definition) is 2. The Labute approximate surface area is 184 Å². The molecule has 168 valence electrons. The van der Waals surface area contributed by atoms with E-state index in [0.717, 1.165) is 12.1 Å². The fourth-order valence-corrected chi connectivity index (χ4v) is 5.32. The predicted molar refractivity (Wildman–Crippen MR) is 113 cm³/mol. The Bertz CT molecular complexity index is 1270. The number of aromatic nitrogens is 2. The summed E-state index contributed by atoms with van der Waals surface area (Å²) in [5.41, 5.74) is 6.21. The predicted octanol–water partition coefficient (Wildman–Crippen LogP) is 1.64. The van der Waals surface area contributed by atoms with Gasteiger partial charge in [0.05, 0.1) is 16.5 Å². The number of fused-ring (bicyclic) bond motifs is 1. The molecule has 1 aromatic carbocycles. The molecule has 4 rings (SSSR count). The monoisotopic (exact) mass is 459 g/mol. The van der Waals surface area contributed by atoms with Gasteiger partial charge >= 0.3 is 0 Å². The Morgan fingerprint density at radius 3 is 2.62 bits per heavy atom. The number of rotatable bonds is 4. The second-order valence-corrected chi connectivity index (χ2v) is 9.51. The van der Waals surface area contributed by atoms with Crippen LogP contribution in [0, 0.1) is 18.7 Å². The van der Waals surface area contributed by atoms with Crippen molar-refractivity contribution >= 4 is 27.5 Å². The molecule has 1 saturated heterocycles. The lowest BCUT2D eigenvalue weighted by molar-refractivity contribution is -0.126. The maximum atomic E-state index is 13.1. The van der Waals surface area contributed by atoms with Gasteiger partial charge in [-0.15, -0.1) is 0 Å². The zero-order valence-corrected chi connectivity index (χ0v) is 18.1. The average Bonchev–Trinajstić information content (AvgIpc) is 3.13. The Morgan fingerprint density at radius 2 is 1.88 bits per heavy atom. The number of sulfonamides is 1. The molecule has 0 spiro atoms. The van der Waals surface area contributed by atoms with Crippen LogP contribution >= 0.6 is 0 Å². The number of nitrogens with zero attached hydrogens (tertiary/aromatic N) is 3. The number of amides is 2. The lowest BCUT2D eigenvalue weighted by Crippen LogP contribution is -2.50. The van der Waals surface area contributed by atoms with Crippen molar-refractivity contribution < 1.29 is 22.4 Å². The Morgan fingerprint density at radius 1 is 1.12 bits per heavy atom. The van der Waals surface area contributed by atoms with Crippen molar-refractivity contribution in [3.8, 4) is 0 Å². The fourth-order valence-electron chi connectivity index (χ4n) is 3.80. The molecule has 1 aliphatic rings. The molecule has 0 aliphatic carbocycles. The van der Waals surface area contributed by atoms with Crippen LogP contribution in [-0.4, -0.2) is 47.0 Å². The van der Waals surface area contributed by atoms with Crippen molar-refractivity contribution in [1.82, 2.24) is 24.5 Å². The first-order valence-electron chi connectivity index (χ1n) is 10.1. The van der Waals surface area contributed by atoms with E-state index in [2.05, 4.69) is 15.8 Å². The van der Waals surface area contributed by atoms with Crippen molar-refractivity contribution in [2.45, 2.75) is 24.7 Å². The first-order chi connectivity index (χ1) is 15.3. The highest BCUT2D eigenvalue weighted by Crippen LogP contribution is 2.24. The van der Waals surface area contributed by atoms with Crippen LogP contribution in [0.2, 0.25) is 0 Å². The Kier molecular flexibility index (Phi) is 5.94. The minimum atomic E-state index is -3.85. The van der Waals surface area contributed by atoms with Gasteiger partial charge in [-0.3, -0.25) is 24.8 Å². The molecule has 2 amide bonds. The van der Waals surface area contributed by atoms with E-state index >= 15 is 0 Å². The second-order valence-electron chi connectivity index (χ2n) is 7.57. The summed E-state index contributed by atoms with van der Waals surface area (Å²) in [6.07, 6.45) is 2.66. The van der Waals surface area contributed by atoms with Gasteiger partial charge in [-0.05, 0) is 56.2 Å². The smallest absolute Gasteiger partial charge is 0.288 e. The summed E-state index contributed by atoms with van der Waals surface area (Å²) in [7, 11) is -3.85. The normalized spacial score (nSPS) is 17.2. The summed E-state index contributed by atoms with van der Waals surface area (Å²) in [5, 5.41) is 0. The van der Waals surface area contributed by atoms with E-state index in [1.807, 2.05) is 0 Å². The van der Waals surface area contributed by atoms with E-state index in [4.69, 9.17) is 0 Å². The number of imidazole rings is 1. The molecule has 1 fully saturated rings. The molecule has 9 nitrogen and oxygen atoms in total. The topological polar surface area (TPSA) is 113 Å². The van der Waals surface area contributed by atoms with Gasteiger partial charge in [0, 0.05) is 19.3 Å². The standard InChI is InChI=1S/C21H22FN5O4S/c1-14-19(27-12-3-2-6-18(27)23-14)21(29)25-24-20(28)15-5-4-11-26(13-15)32(30,31)17-9-7-16(22)8-10-17/h2-3,6-10,12,15H,4-5,11,13H2,1H3,(H,24,28)(H,25,29). The number of hydrazine groups is 1. The highest BCUT2D eigenvalue weighted by Gasteiger charge is 2.33. The third-order valence-corrected chi connectivity index (χ3v) is 7.30. The molecule has 32 heavy (non-hydrogen) atoms. The molecule has 3 aromatic rings. The van der Waals surface area contributed by atoms with Crippen molar-refractivity contribution in [1.29, 1.82) is 0 Å². The van der Waals surface area contributed by atoms with Crippen LogP contribution in [-0.2, 0) is 14.8 Å². The maximum absolute atomic E-state index is 13.1. The van der Waals surface area contributed by atoms with Crippen LogP contribution in [0.5, 0.6) is 0 Å². The zero-order chi connectivity index (χ0) is 22.9. The van der Waals surface area contributed by atoms with Crippen LogP contribution in [0.25, 0.3) is 5.65 Å². The third kappa shape index (κ3) is 4.21. The molecule has 0 bridgehead atoms. The minimum Gasteiger partial charge on any atom is -0.295 e. The largest absolute Gasteiger partial charge is 0.295 e. The van der Waals surface area contributed by atoms with E-state index in [1.54, 1.807) is 35.7 Å². The number of carbonyl (C=O) groups is 2. The summed E-state index contributed by atoms with van der Waals surface area (Å²) in [6, 6.07) is 9.90. The number of hydrogen-bond acceptors (Lipinski definition) is 5. The van der Waals surface area contributed by atoms with Crippen molar-refractivity contribution in [3.63, 3.8) is 0 Å². The first kappa shape index (κ1) is 21.9.